The van der Waals surface area contributed by atoms with Gasteiger partial charge >= 0.3 is 6.18 Å². The molecule has 1 unspecified atom stereocenters. The zero-order chi connectivity index (χ0) is 19.3. The molecule has 1 heterocycles. The highest BCUT2D eigenvalue weighted by Crippen LogP contribution is 2.39. The Morgan fingerprint density at radius 2 is 1.70 bits per heavy atom. The minimum absolute atomic E-state index is 0.166. The van der Waals surface area contributed by atoms with E-state index in [2.05, 4.69) is 4.98 Å². The first kappa shape index (κ1) is 18.3. The Bertz CT molecular complexity index is 1060. The van der Waals surface area contributed by atoms with Crippen LogP contribution >= 0.6 is 23.2 Å². The summed E-state index contributed by atoms with van der Waals surface area (Å²) in [6.45, 7) is 0. The van der Waals surface area contributed by atoms with Gasteiger partial charge in [0.2, 0.25) is 0 Å². The fourth-order valence-electron chi connectivity index (χ4n) is 3.49. The van der Waals surface area contributed by atoms with Crippen molar-refractivity contribution in [3.05, 3.63) is 74.9 Å². The number of hydrogen-bond donors (Lipinski definition) is 0. The number of carbonyl (C=O) groups is 1. The highest BCUT2D eigenvalue weighted by Gasteiger charge is 2.33. The molecule has 0 aliphatic heterocycles. The van der Waals surface area contributed by atoms with Crippen LogP contribution in [0.5, 0.6) is 0 Å². The lowest BCUT2D eigenvalue weighted by molar-refractivity contribution is -0.137. The summed E-state index contributed by atoms with van der Waals surface area (Å²) in [6, 6.07) is 10.0. The van der Waals surface area contributed by atoms with Gasteiger partial charge in [-0.15, -0.1) is 0 Å². The van der Waals surface area contributed by atoms with Crippen molar-refractivity contribution >= 4 is 39.9 Å². The Kier molecular flexibility index (Phi) is 4.40. The summed E-state index contributed by atoms with van der Waals surface area (Å²) in [5.74, 6) is -0.402. The summed E-state index contributed by atoms with van der Waals surface area (Å²) in [5.41, 5.74) is 1.54. The van der Waals surface area contributed by atoms with Crippen LogP contribution in [0.25, 0.3) is 10.9 Å². The first-order valence-electron chi connectivity index (χ1n) is 8.22. The summed E-state index contributed by atoms with van der Waals surface area (Å²) >= 11 is 12.5. The monoisotopic (exact) mass is 409 g/mol. The molecular weight excluding hydrogens is 398 g/mol. The SMILES string of the molecule is O=C1CC(c2ccc(C(F)(F)F)cc2)Cc2nc3ccc(Cl)cc3c(Cl)c21. The van der Waals surface area contributed by atoms with Gasteiger partial charge in [0.1, 0.15) is 0 Å². The van der Waals surface area contributed by atoms with Gasteiger partial charge in [-0.25, -0.2) is 0 Å². The number of nitrogens with zero attached hydrogens (tertiary/aromatic N) is 1. The number of fused-ring (bicyclic) bond motifs is 2. The molecule has 0 fully saturated rings. The number of rotatable bonds is 1. The number of alkyl halides is 3. The van der Waals surface area contributed by atoms with Crippen molar-refractivity contribution in [2.24, 2.45) is 0 Å². The van der Waals surface area contributed by atoms with Crippen LogP contribution in [0, 0.1) is 0 Å². The van der Waals surface area contributed by atoms with E-state index >= 15 is 0 Å². The second-order valence-corrected chi connectivity index (χ2v) is 7.37. The third kappa shape index (κ3) is 3.30. The quantitative estimate of drug-likeness (QED) is 0.460. The maximum Gasteiger partial charge on any atom is 0.416 e. The van der Waals surface area contributed by atoms with E-state index in [-0.39, 0.29) is 18.1 Å². The normalized spacial score (nSPS) is 17.2. The van der Waals surface area contributed by atoms with Crippen LogP contribution in [0.4, 0.5) is 13.2 Å². The minimum Gasteiger partial charge on any atom is -0.294 e. The summed E-state index contributed by atoms with van der Waals surface area (Å²) in [4.78, 5) is 17.3. The van der Waals surface area contributed by atoms with Crippen LogP contribution in [0.2, 0.25) is 10.0 Å². The van der Waals surface area contributed by atoms with Crippen molar-refractivity contribution in [1.29, 1.82) is 0 Å². The molecule has 27 heavy (non-hydrogen) atoms. The van der Waals surface area contributed by atoms with Crippen molar-refractivity contribution in [3.8, 4) is 0 Å². The van der Waals surface area contributed by atoms with E-state index in [0.29, 0.717) is 44.2 Å². The Morgan fingerprint density at radius 1 is 1.00 bits per heavy atom. The number of Topliss-reactive ketones (excluding diaryl/α,β-unsaturated/α-hetero) is 1. The molecule has 4 rings (SSSR count). The van der Waals surface area contributed by atoms with Crippen LogP contribution in [0.3, 0.4) is 0 Å². The Hall–Kier alpha value is -2.11. The van der Waals surface area contributed by atoms with Crippen molar-refractivity contribution in [3.63, 3.8) is 0 Å². The maximum absolute atomic E-state index is 12.8. The summed E-state index contributed by atoms with van der Waals surface area (Å²) in [5, 5.41) is 1.44. The van der Waals surface area contributed by atoms with Crippen molar-refractivity contribution in [1.82, 2.24) is 4.98 Å². The smallest absolute Gasteiger partial charge is 0.294 e. The Labute approximate surface area is 162 Å². The summed E-state index contributed by atoms with van der Waals surface area (Å²) in [7, 11) is 0. The van der Waals surface area contributed by atoms with E-state index in [1.165, 1.54) is 12.1 Å². The largest absolute Gasteiger partial charge is 0.416 e. The highest BCUT2D eigenvalue weighted by molar-refractivity contribution is 6.39. The van der Waals surface area contributed by atoms with E-state index in [9.17, 15) is 18.0 Å². The van der Waals surface area contributed by atoms with Gasteiger partial charge in [0.15, 0.2) is 5.78 Å². The van der Waals surface area contributed by atoms with E-state index in [0.717, 1.165) is 12.1 Å². The van der Waals surface area contributed by atoms with Crippen LogP contribution in [0.1, 0.15) is 39.5 Å². The molecule has 0 bridgehead atoms. The average Bonchev–Trinajstić information content (AvgIpc) is 2.61. The molecule has 1 atom stereocenters. The fourth-order valence-corrected chi connectivity index (χ4v) is 4.02. The lowest BCUT2D eigenvalue weighted by Crippen LogP contribution is -2.21. The Morgan fingerprint density at radius 3 is 2.37 bits per heavy atom. The van der Waals surface area contributed by atoms with Gasteiger partial charge in [-0.3, -0.25) is 9.78 Å². The van der Waals surface area contributed by atoms with E-state index in [4.69, 9.17) is 23.2 Å². The standard InChI is InChI=1S/C20H12Cl2F3NO/c21-13-5-6-15-14(9-13)19(22)18-16(26-15)7-11(8-17(18)27)10-1-3-12(4-2-10)20(23,24)25/h1-6,9,11H,7-8H2. The summed E-state index contributed by atoms with van der Waals surface area (Å²) in [6.07, 6.45) is -3.78. The third-order valence-corrected chi connectivity index (χ3v) is 5.45. The maximum atomic E-state index is 12.8. The molecular formula is C20H12Cl2F3NO. The number of benzene rings is 2. The first-order chi connectivity index (χ1) is 12.7. The van der Waals surface area contributed by atoms with E-state index in [1.54, 1.807) is 18.2 Å². The molecule has 0 spiro atoms. The number of aromatic nitrogens is 1. The van der Waals surface area contributed by atoms with Gasteiger partial charge in [-0.1, -0.05) is 35.3 Å². The number of halogens is 5. The van der Waals surface area contributed by atoms with Gasteiger partial charge in [-0.2, -0.15) is 13.2 Å². The second-order valence-electron chi connectivity index (χ2n) is 6.56. The molecule has 0 amide bonds. The van der Waals surface area contributed by atoms with Crippen LogP contribution < -0.4 is 0 Å². The van der Waals surface area contributed by atoms with Crippen LogP contribution in [0.15, 0.2) is 42.5 Å². The van der Waals surface area contributed by atoms with Gasteiger partial charge in [0, 0.05) is 16.8 Å². The molecule has 2 nitrogen and oxygen atoms in total. The van der Waals surface area contributed by atoms with Crippen molar-refractivity contribution in [2.75, 3.05) is 0 Å². The van der Waals surface area contributed by atoms with Gasteiger partial charge in [0.05, 0.1) is 27.4 Å². The number of ketones is 1. The van der Waals surface area contributed by atoms with Gasteiger partial charge in [0.25, 0.3) is 0 Å². The molecule has 138 valence electrons. The average molecular weight is 410 g/mol. The summed E-state index contributed by atoms with van der Waals surface area (Å²) < 4.78 is 38.3. The zero-order valence-corrected chi connectivity index (χ0v) is 15.3. The molecule has 3 aromatic rings. The molecule has 0 saturated carbocycles. The molecule has 1 aliphatic carbocycles. The lowest BCUT2D eigenvalue weighted by atomic mass is 9.81. The molecule has 1 aromatic heterocycles. The number of hydrogen-bond acceptors (Lipinski definition) is 2. The molecule has 2 aromatic carbocycles. The number of pyridine rings is 1. The molecule has 0 N–H and O–H groups in total. The van der Waals surface area contributed by atoms with E-state index < -0.39 is 11.7 Å². The lowest BCUT2D eigenvalue weighted by Gasteiger charge is -2.25. The predicted molar refractivity (Wildman–Crippen MR) is 98.6 cm³/mol. The topological polar surface area (TPSA) is 30.0 Å². The van der Waals surface area contributed by atoms with Gasteiger partial charge in [-0.05, 0) is 48.2 Å². The van der Waals surface area contributed by atoms with E-state index in [1.807, 2.05) is 0 Å². The first-order valence-corrected chi connectivity index (χ1v) is 8.97. The molecule has 0 saturated heterocycles. The minimum atomic E-state index is -4.39. The molecule has 0 radical (unpaired) electrons. The number of carbonyl (C=O) groups excluding carboxylic acids is 1. The van der Waals surface area contributed by atoms with Crippen LogP contribution in [-0.4, -0.2) is 10.8 Å². The zero-order valence-electron chi connectivity index (χ0n) is 13.8. The predicted octanol–water partition coefficient (Wildman–Crippen LogP) is 6.47. The van der Waals surface area contributed by atoms with Crippen molar-refractivity contribution in [2.45, 2.75) is 24.9 Å². The highest BCUT2D eigenvalue weighted by atomic mass is 35.5. The third-order valence-electron chi connectivity index (χ3n) is 4.82. The fraction of sp³-hybridized carbons (Fsp3) is 0.200. The Balaban J connectivity index is 1.74. The van der Waals surface area contributed by atoms with Crippen LogP contribution in [-0.2, 0) is 12.6 Å². The van der Waals surface area contributed by atoms with Crippen molar-refractivity contribution < 1.29 is 18.0 Å². The van der Waals surface area contributed by atoms with Gasteiger partial charge < -0.3 is 0 Å². The molecule has 7 heteroatoms. The second kappa shape index (κ2) is 6.50. The molecule has 1 aliphatic rings.